The first-order valence-electron chi connectivity index (χ1n) is 5.96. The molecule has 1 aromatic rings. The summed E-state index contributed by atoms with van der Waals surface area (Å²) in [6.07, 6.45) is 0.882. The number of rotatable bonds is 4. The molecule has 4 nitrogen and oxygen atoms in total. The van der Waals surface area contributed by atoms with Gasteiger partial charge in [-0.2, -0.15) is 0 Å². The molecule has 1 heterocycles. The number of ether oxygens (including phenoxy) is 1. The zero-order chi connectivity index (χ0) is 12.3. The van der Waals surface area contributed by atoms with Crippen molar-refractivity contribution in [3.8, 4) is 5.75 Å². The number of nitrogens with two attached hydrogens (primary N) is 1. The van der Waals surface area contributed by atoms with Crippen molar-refractivity contribution >= 4 is 0 Å². The van der Waals surface area contributed by atoms with Crippen molar-refractivity contribution in [1.82, 2.24) is 4.90 Å². The normalized spacial score (nSPS) is 25.1. The molecule has 4 heteroatoms. The van der Waals surface area contributed by atoms with Crippen LogP contribution in [-0.4, -0.2) is 42.4 Å². The van der Waals surface area contributed by atoms with Crippen molar-refractivity contribution in [3.05, 3.63) is 29.8 Å². The number of hydrogen-bond donors (Lipinski definition) is 2. The van der Waals surface area contributed by atoms with E-state index in [4.69, 9.17) is 10.5 Å². The quantitative estimate of drug-likeness (QED) is 0.803. The molecule has 1 aliphatic heterocycles. The van der Waals surface area contributed by atoms with Gasteiger partial charge in [0.05, 0.1) is 13.7 Å². The fourth-order valence-corrected chi connectivity index (χ4v) is 2.37. The van der Waals surface area contributed by atoms with E-state index in [9.17, 15) is 5.11 Å². The fraction of sp³-hybridized carbons (Fsp3) is 0.538. The van der Waals surface area contributed by atoms with Crippen molar-refractivity contribution in [1.29, 1.82) is 0 Å². The predicted molar refractivity (Wildman–Crippen MR) is 66.9 cm³/mol. The molecule has 1 aromatic carbocycles. The second-order valence-electron chi connectivity index (χ2n) is 4.61. The summed E-state index contributed by atoms with van der Waals surface area (Å²) in [6, 6.07) is 8.41. The summed E-state index contributed by atoms with van der Waals surface area (Å²) in [5, 5.41) is 9.30. The van der Waals surface area contributed by atoms with Gasteiger partial charge in [0.1, 0.15) is 5.75 Å². The number of aliphatic hydroxyl groups excluding tert-OH is 1. The number of methoxy groups -OCH3 is 1. The smallest absolute Gasteiger partial charge is 0.118 e. The maximum Gasteiger partial charge on any atom is 0.118 e. The molecule has 0 amide bonds. The van der Waals surface area contributed by atoms with Gasteiger partial charge in [0.2, 0.25) is 0 Å². The van der Waals surface area contributed by atoms with Crippen LogP contribution in [0.5, 0.6) is 5.75 Å². The molecule has 0 radical (unpaired) electrons. The molecule has 2 atom stereocenters. The van der Waals surface area contributed by atoms with E-state index >= 15 is 0 Å². The van der Waals surface area contributed by atoms with Crippen LogP contribution >= 0.6 is 0 Å². The van der Waals surface area contributed by atoms with Gasteiger partial charge in [-0.05, 0) is 24.1 Å². The van der Waals surface area contributed by atoms with Gasteiger partial charge in [-0.25, -0.2) is 0 Å². The Bertz CT molecular complexity index is 353. The number of aliphatic hydroxyl groups is 1. The monoisotopic (exact) mass is 236 g/mol. The fourth-order valence-electron chi connectivity index (χ4n) is 2.37. The van der Waals surface area contributed by atoms with Gasteiger partial charge in [0.15, 0.2) is 0 Å². The minimum Gasteiger partial charge on any atom is -0.497 e. The third kappa shape index (κ3) is 2.97. The van der Waals surface area contributed by atoms with Gasteiger partial charge in [-0.3, -0.25) is 4.90 Å². The van der Waals surface area contributed by atoms with Crippen LogP contribution in [0.4, 0.5) is 0 Å². The Morgan fingerprint density at radius 1 is 1.41 bits per heavy atom. The highest BCUT2D eigenvalue weighted by Gasteiger charge is 2.29. The Kier molecular flexibility index (Phi) is 3.99. The number of likely N-dealkylation sites (tertiary alicyclic amines) is 1. The van der Waals surface area contributed by atoms with Crippen LogP contribution in [0.15, 0.2) is 24.3 Å². The molecule has 2 rings (SSSR count). The van der Waals surface area contributed by atoms with Crippen LogP contribution in [0, 0.1) is 0 Å². The summed E-state index contributed by atoms with van der Waals surface area (Å²) in [5.41, 5.74) is 7.14. The highest BCUT2D eigenvalue weighted by atomic mass is 16.5. The van der Waals surface area contributed by atoms with Crippen molar-refractivity contribution < 1.29 is 9.84 Å². The Balaban J connectivity index is 1.99. The second kappa shape index (κ2) is 5.49. The van der Waals surface area contributed by atoms with Gasteiger partial charge in [-0.1, -0.05) is 12.1 Å². The highest BCUT2D eigenvalue weighted by Crippen LogP contribution is 2.20. The topological polar surface area (TPSA) is 58.7 Å². The zero-order valence-corrected chi connectivity index (χ0v) is 10.2. The van der Waals surface area contributed by atoms with Crippen molar-refractivity contribution in [3.63, 3.8) is 0 Å². The summed E-state index contributed by atoms with van der Waals surface area (Å²) in [7, 11) is 1.66. The van der Waals surface area contributed by atoms with E-state index in [0.29, 0.717) is 0 Å². The largest absolute Gasteiger partial charge is 0.497 e. The molecule has 0 bridgehead atoms. The molecule has 0 aromatic heterocycles. The van der Waals surface area contributed by atoms with Crippen LogP contribution in [0.2, 0.25) is 0 Å². The van der Waals surface area contributed by atoms with Crippen LogP contribution in [0.25, 0.3) is 0 Å². The van der Waals surface area contributed by atoms with Crippen LogP contribution in [0.1, 0.15) is 12.0 Å². The second-order valence-corrected chi connectivity index (χ2v) is 4.61. The summed E-state index contributed by atoms with van der Waals surface area (Å²) in [6.45, 7) is 1.88. The van der Waals surface area contributed by atoms with E-state index in [1.165, 1.54) is 5.56 Å². The van der Waals surface area contributed by atoms with Gasteiger partial charge in [0, 0.05) is 25.2 Å². The minimum atomic E-state index is 0.184. The first kappa shape index (κ1) is 12.4. The first-order chi connectivity index (χ1) is 8.22. The first-order valence-corrected chi connectivity index (χ1v) is 5.96. The third-order valence-electron chi connectivity index (χ3n) is 3.32. The lowest BCUT2D eigenvalue weighted by Crippen LogP contribution is -2.32. The Labute approximate surface area is 102 Å². The van der Waals surface area contributed by atoms with Crippen LogP contribution < -0.4 is 10.5 Å². The summed E-state index contributed by atoms with van der Waals surface area (Å²) >= 11 is 0. The lowest BCUT2D eigenvalue weighted by atomic mass is 10.1. The average Bonchev–Trinajstić information content (AvgIpc) is 2.70. The maximum absolute atomic E-state index is 9.30. The summed E-state index contributed by atoms with van der Waals surface area (Å²) in [4.78, 5) is 2.24. The van der Waals surface area contributed by atoms with E-state index < -0.39 is 0 Å². The maximum atomic E-state index is 9.30. The molecule has 3 N–H and O–H groups in total. The highest BCUT2D eigenvalue weighted by molar-refractivity contribution is 5.27. The number of benzene rings is 1. The molecule has 1 saturated heterocycles. The molecular weight excluding hydrogens is 216 g/mol. The molecule has 0 aliphatic carbocycles. The van der Waals surface area contributed by atoms with E-state index in [1.807, 2.05) is 12.1 Å². The summed E-state index contributed by atoms with van der Waals surface area (Å²) in [5.74, 6) is 0.866. The standard InChI is InChI=1S/C13H20N2O2/c1-17-13-4-2-10(3-5-13)7-15-8-11(14)6-12(15)9-16/h2-5,11-12,16H,6-9,14H2,1H3/t11-,12-/m0/s1. The van der Waals surface area contributed by atoms with Crippen LogP contribution in [0.3, 0.4) is 0 Å². The van der Waals surface area contributed by atoms with E-state index in [0.717, 1.165) is 25.3 Å². The van der Waals surface area contributed by atoms with Crippen molar-refractivity contribution in [2.75, 3.05) is 20.3 Å². The lowest BCUT2D eigenvalue weighted by Gasteiger charge is -2.22. The predicted octanol–water partition coefficient (Wildman–Crippen LogP) is 0.589. The molecule has 0 spiro atoms. The summed E-state index contributed by atoms with van der Waals surface area (Å²) < 4.78 is 5.12. The molecule has 0 saturated carbocycles. The van der Waals surface area contributed by atoms with Gasteiger partial charge in [-0.15, -0.1) is 0 Å². The molecular formula is C13H20N2O2. The Morgan fingerprint density at radius 3 is 2.71 bits per heavy atom. The average molecular weight is 236 g/mol. The lowest BCUT2D eigenvalue weighted by molar-refractivity contribution is 0.153. The molecule has 1 fully saturated rings. The Morgan fingerprint density at radius 2 is 2.12 bits per heavy atom. The molecule has 0 unspecified atom stereocenters. The van der Waals surface area contributed by atoms with Gasteiger partial charge < -0.3 is 15.6 Å². The van der Waals surface area contributed by atoms with E-state index in [2.05, 4.69) is 17.0 Å². The molecule has 1 aliphatic rings. The van der Waals surface area contributed by atoms with Gasteiger partial charge >= 0.3 is 0 Å². The molecule has 17 heavy (non-hydrogen) atoms. The SMILES string of the molecule is COc1ccc(CN2C[C@@H](N)C[C@H]2CO)cc1. The number of nitrogens with zero attached hydrogens (tertiary/aromatic N) is 1. The van der Waals surface area contributed by atoms with E-state index in [-0.39, 0.29) is 18.7 Å². The van der Waals surface area contributed by atoms with Crippen molar-refractivity contribution in [2.24, 2.45) is 5.73 Å². The third-order valence-corrected chi connectivity index (χ3v) is 3.32. The Hall–Kier alpha value is -1.10. The van der Waals surface area contributed by atoms with Crippen LogP contribution in [-0.2, 0) is 6.54 Å². The minimum absolute atomic E-state index is 0.184. The van der Waals surface area contributed by atoms with E-state index in [1.54, 1.807) is 7.11 Å². The van der Waals surface area contributed by atoms with Crippen molar-refractivity contribution in [2.45, 2.75) is 25.0 Å². The molecule has 94 valence electrons. The number of hydrogen-bond acceptors (Lipinski definition) is 4. The zero-order valence-electron chi connectivity index (χ0n) is 10.2. The van der Waals surface area contributed by atoms with Gasteiger partial charge in [0.25, 0.3) is 0 Å².